The van der Waals surface area contributed by atoms with E-state index in [1.807, 2.05) is 0 Å². The average Bonchev–Trinajstić information content (AvgIpc) is 2.18. The van der Waals surface area contributed by atoms with Gasteiger partial charge in [-0.05, 0) is 32.9 Å². The second kappa shape index (κ2) is 5.39. The van der Waals surface area contributed by atoms with Gasteiger partial charge in [0.2, 0.25) is 0 Å². The highest BCUT2D eigenvalue weighted by Gasteiger charge is 2.17. The lowest BCUT2D eigenvalue weighted by Crippen LogP contribution is -2.27. The van der Waals surface area contributed by atoms with E-state index in [9.17, 15) is 4.79 Å². The van der Waals surface area contributed by atoms with E-state index < -0.39 is 11.7 Å². The van der Waals surface area contributed by atoms with Gasteiger partial charge in [-0.1, -0.05) is 18.7 Å². The molecule has 0 radical (unpaired) electrons. The summed E-state index contributed by atoms with van der Waals surface area (Å²) in [6, 6.07) is 7.05. The highest BCUT2D eigenvalue weighted by molar-refractivity contribution is 5.86. The van der Waals surface area contributed by atoms with E-state index >= 15 is 0 Å². The average molecular weight is 235 g/mol. The van der Waals surface area contributed by atoms with Gasteiger partial charge >= 0.3 is 6.09 Å². The first-order chi connectivity index (χ1) is 7.92. The molecule has 92 valence electrons. The van der Waals surface area contributed by atoms with Crippen LogP contribution in [0.15, 0.2) is 37.1 Å². The van der Waals surface area contributed by atoms with Crippen LogP contribution in [-0.2, 0) is 4.74 Å². The highest BCUT2D eigenvalue weighted by Crippen LogP contribution is 2.24. The Bertz CT molecular complexity index is 407. The molecule has 0 saturated carbocycles. The van der Waals surface area contributed by atoms with Crippen LogP contribution in [0.4, 0.5) is 10.5 Å². The third-order valence-corrected chi connectivity index (χ3v) is 1.73. The van der Waals surface area contributed by atoms with Gasteiger partial charge in [-0.3, -0.25) is 5.32 Å². The zero-order valence-corrected chi connectivity index (χ0v) is 10.3. The van der Waals surface area contributed by atoms with E-state index in [0.717, 1.165) is 0 Å². The largest absolute Gasteiger partial charge is 0.463 e. The monoisotopic (exact) mass is 235 g/mol. The zero-order valence-electron chi connectivity index (χ0n) is 10.3. The van der Waals surface area contributed by atoms with Crippen molar-refractivity contribution in [1.82, 2.24) is 0 Å². The smallest absolute Gasteiger partial charge is 0.412 e. The van der Waals surface area contributed by atoms with Crippen LogP contribution in [0.1, 0.15) is 20.8 Å². The van der Waals surface area contributed by atoms with Crippen molar-refractivity contribution in [3.8, 4) is 5.75 Å². The number of rotatable bonds is 3. The third-order valence-electron chi connectivity index (χ3n) is 1.73. The van der Waals surface area contributed by atoms with Crippen LogP contribution in [0, 0.1) is 0 Å². The minimum absolute atomic E-state index is 0.516. The van der Waals surface area contributed by atoms with Crippen molar-refractivity contribution in [2.45, 2.75) is 26.4 Å². The molecule has 1 rings (SSSR count). The number of amides is 1. The summed E-state index contributed by atoms with van der Waals surface area (Å²) in [7, 11) is 0. The first-order valence-corrected chi connectivity index (χ1v) is 5.29. The van der Waals surface area contributed by atoms with E-state index in [1.54, 1.807) is 45.0 Å². The van der Waals surface area contributed by atoms with Crippen molar-refractivity contribution in [2.75, 3.05) is 5.32 Å². The number of anilines is 1. The number of benzene rings is 1. The molecule has 0 aliphatic heterocycles. The molecule has 1 amide bonds. The fourth-order valence-corrected chi connectivity index (χ4v) is 1.18. The van der Waals surface area contributed by atoms with Gasteiger partial charge in [0.05, 0.1) is 11.9 Å². The molecule has 0 unspecified atom stereocenters. The number of hydrogen-bond acceptors (Lipinski definition) is 3. The van der Waals surface area contributed by atoms with Gasteiger partial charge < -0.3 is 9.47 Å². The Balaban J connectivity index is 2.74. The molecule has 1 N–H and O–H groups in total. The van der Waals surface area contributed by atoms with E-state index in [0.29, 0.717) is 11.4 Å². The van der Waals surface area contributed by atoms with E-state index in [-0.39, 0.29) is 0 Å². The molecular formula is C13H17NO3. The van der Waals surface area contributed by atoms with Crippen molar-refractivity contribution >= 4 is 11.8 Å². The van der Waals surface area contributed by atoms with Crippen molar-refractivity contribution in [1.29, 1.82) is 0 Å². The minimum Gasteiger partial charge on any atom is -0.463 e. The standard InChI is InChI=1S/C13H17NO3/c1-5-16-11-9-7-6-8-10(11)14-12(15)17-13(2,3)4/h5-9H,1H2,2-4H3,(H,14,15). The van der Waals surface area contributed by atoms with Gasteiger partial charge in [-0.2, -0.15) is 0 Å². The second-order valence-electron chi connectivity index (χ2n) is 4.41. The summed E-state index contributed by atoms with van der Waals surface area (Å²) < 4.78 is 10.3. The Morgan fingerprint density at radius 1 is 1.35 bits per heavy atom. The van der Waals surface area contributed by atoms with E-state index in [1.165, 1.54) is 6.26 Å². The number of carbonyl (C=O) groups excluding carboxylic acids is 1. The molecule has 1 aromatic carbocycles. The van der Waals surface area contributed by atoms with Crippen LogP contribution in [0.25, 0.3) is 0 Å². The molecule has 17 heavy (non-hydrogen) atoms. The molecule has 0 bridgehead atoms. The van der Waals surface area contributed by atoms with E-state index in [2.05, 4.69) is 11.9 Å². The molecule has 0 aliphatic carbocycles. The fraction of sp³-hybridized carbons (Fsp3) is 0.308. The van der Waals surface area contributed by atoms with Gasteiger partial charge in [0.1, 0.15) is 11.4 Å². The topological polar surface area (TPSA) is 47.6 Å². The lowest BCUT2D eigenvalue weighted by Gasteiger charge is -2.20. The lowest BCUT2D eigenvalue weighted by molar-refractivity contribution is 0.0635. The van der Waals surface area contributed by atoms with Crippen molar-refractivity contribution in [3.63, 3.8) is 0 Å². The minimum atomic E-state index is -0.529. The van der Waals surface area contributed by atoms with Gasteiger partial charge in [0, 0.05) is 0 Å². The summed E-state index contributed by atoms with van der Waals surface area (Å²) in [5.41, 5.74) is 0.0138. The molecule has 0 spiro atoms. The van der Waals surface area contributed by atoms with Crippen molar-refractivity contribution in [2.24, 2.45) is 0 Å². The van der Waals surface area contributed by atoms with Crippen molar-refractivity contribution < 1.29 is 14.3 Å². The molecular weight excluding hydrogens is 218 g/mol. The molecule has 0 atom stereocenters. The normalized spacial score (nSPS) is 10.5. The number of hydrogen-bond donors (Lipinski definition) is 1. The summed E-state index contributed by atoms with van der Waals surface area (Å²) in [5.74, 6) is 0.522. The summed E-state index contributed by atoms with van der Waals surface area (Å²) in [5, 5.41) is 2.62. The first-order valence-electron chi connectivity index (χ1n) is 5.29. The van der Waals surface area contributed by atoms with Crippen LogP contribution >= 0.6 is 0 Å². The summed E-state index contributed by atoms with van der Waals surface area (Å²) in [4.78, 5) is 11.6. The van der Waals surface area contributed by atoms with Crippen LogP contribution < -0.4 is 10.1 Å². The summed E-state index contributed by atoms with van der Waals surface area (Å²) in [6.07, 6.45) is 0.785. The zero-order chi connectivity index (χ0) is 12.9. The molecule has 0 aromatic heterocycles. The Morgan fingerprint density at radius 3 is 2.59 bits per heavy atom. The predicted octanol–water partition coefficient (Wildman–Crippen LogP) is 3.56. The fourth-order valence-electron chi connectivity index (χ4n) is 1.18. The molecule has 4 nitrogen and oxygen atoms in total. The number of carbonyl (C=O) groups is 1. The Kier molecular flexibility index (Phi) is 4.15. The van der Waals surface area contributed by atoms with Gasteiger partial charge in [-0.15, -0.1) is 0 Å². The number of para-hydroxylation sites is 2. The van der Waals surface area contributed by atoms with Crippen molar-refractivity contribution in [3.05, 3.63) is 37.1 Å². The Morgan fingerprint density at radius 2 is 2.00 bits per heavy atom. The molecule has 0 heterocycles. The van der Waals surface area contributed by atoms with Crippen LogP contribution in [-0.4, -0.2) is 11.7 Å². The summed E-state index contributed by atoms with van der Waals surface area (Å²) in [6.45, 7) is 8.88. The maximum absolute atomic E-state index is 11.6. The SMILES string of the molecule is C=COc1ccccc1NC(=O)OC(C)(C)C. The lowest BCUT2D eigenvalue weighted by atomic mass is 10.2. The number of ether oxygens (including phenoxy) is 2. The Labute approximate surface area is 101 Å². The third kappa shape index (κ3) is 4.59. The van der Waals surface area contributed by atoms with Gasteiger partial charge in [-0.25, -0.2) is 4.79 Å². The quantitative estimate of drug-likeness (QED) is 0.815. The molecule has 0 fully saturated rings. The van der Waals surface area contributed by atoms with Gasteiger partial charge in [0.15, 0.2) is 0 Å². The first kappa shape index (κ1) is 13.1. The van der Waals surface area contributed by atoms with Crippen LogP contribution in [0.3, 0.4) is 0 Å². The molecule has 0 aliphatic rings. The summed E-state index contributed by atoms with van der Waals surface area (Å²) >= 11 is 0. The molecule has 0 saturated heterocycles. The molecule has 4 heteroatoms. The van der Waals surface area contributed by atoms with Crippen LogP contribution in [0.2, 0.25) is 0 Å². The second-order valence-corrected chi connectivity index (χ2v) is 4.41. The maximum atomic E-state index is 11.6. The Hall–Kier alpha value is -1.97. The van der Waals surface area contributed by atoms with E-state index in [4.69, 9.17) is 9.47 Å². The van der Waals surface area contributed by atoms with Gasteiger partial charge in [0.25, 0.3) is 0 Å². The maximum Gasteiger partial charge on any atom is 0.412 e. The number of nitrogens with one attached hydrogen (secondary N) is 1. The highest BCUT2D eigenvalue weighted by atomic mass is 16.6. The molecule has 1 aromatic rings. The predicted molar refractivity (Wildman–Crippen MR) is 67.1 cm³/mol. The van der Waals surface area contributed by atoms with Crippen LogP contribution in [0.5, 0.6) is 5.75 Å².